The van der Waals surface area contributed by atoms with Gasteiger partial charge in [-0.2, -0.15) is 0 Å². The lowest BCUT2D eigenvalue weighted by Crippen LogP contribution is -2.37. The second kappa shape index (κ2) is 10.8. The van der Waals surface area contributed by atoms with Crippen LogP contribution in [0.1, 0.15) is 30.6 Å². The summed E-state index contributed by atoms with van der Waals surface area (Å²) in [5.41, 5.74) is 0.473. The Bertz CT molecular complexity index is 620. The number of carbonyl (C=O) groups is 2. The second-order valence-electron chi connectivity index (χ2n) is 7.02. The number of hydrogen-bond acceptors (Lipinski definition) is 6. The molecule has 0 unspecified atom stereocenters. The van der Waals surface area contributed by atoms with Crippen molar-refractivity contribution in [3.63, 3.8) is 0 Å². The van der Waals surface area contributed by atoms with Crippen molar-refractivity contribution in [2.75, 3.05) is 53.0 Å². The van der Waals surface area contributed by atoms with Gasteiger partial charge in [-0.1, -0.05) is 19.9 Å². The third-order valence-electron chi connectivity index (χ3n) is 4.32. The minimum absolute atomic E-state index is 0.221. The first-order valence-electron chi connectivity index (χ1n) is 9.45. The van der Waals surface area contributed by atoms with Crippen molar-refractivity contribution in [3.05, 3.63) is 29.8 Å². The number of nitrogens with zero attached hydrogens (tertiary/aromatic N) is 2. The molecule has 0 radical (unpaired) electrons. The van der Waals surface area contributed by atoms with Gasteiger partial charge in [-0.25, -0.2) is 9.59 Å². The molecule has 0 aromatic heterocycles. The minimum atomic E-state index is -0.377. The fourth-order valence-corrected chi connectivity index (χ4v) is 2.83. The second-order valence-corrected chi connectivity index (χ2v) is 7.02. The average Bonchev–Trinajstić information content (AvgIpc) is 2.91. The minimum Gasteiger partial charge on any atom is -0.492 e. The number of benzene rings is 1. The van der Waals surface area contributed by atoms with E-state index in [-0.39, 0.29) is 12.1 Å². The van der Waals surface area contributed by atoms with Crippen molar-refractivity contribution in [2.45, 2.75) is 20.3 Å². The van der Waals surface area contributed by atoms with E-state index >= 15 is 0 Å². The zero-order valence-electron chi connectivity index (χ0n) is 16.5. The van der Waals surface area contributed by atoms with E-state index in [1.54, 1.807) is 23.1 Å². The quantitative estimate of drug-likeness (QED) is 0.680. The molecule has 0 atom stereocenters. The molecule has 27 heavy (non-hydrogen) atoms. The zero-order valence-corrected chi connectivity index (χ0v) is 16.5. The smallest absolute Gasteiger partial charge is 0.409 e. The van der Waals surface area contributed by atoms with Crippen molar-refractivity contribution >= 4 is 12.1 Å². The predicted molar refractivity (Wildman–Crippen MR) is 102 cm³/mol. The van der Waals surface area contributed by atoms with Gasteiger partial charge < -0.3 is 19.1 Å². The number of carbonyl (C=O) groups excluding carboxylic acids is 2. The summed E-state index contributed by atoms with van der Waals surface area (Å²) in [6.07, 6.45) is 0.690. The van der Waals surface area contributed by atoms with Crippen molar-refractivity contribution in [1.29, 1.82) is 0 Å². The number of esters is 1. The lowest BCUT2D eigenvalue weighted by atomic mass is 10.2. The largest absolute Gasteiger partial charge is 0.492 e. The summed E-state index contributed by atoms with van der Waals surface area (Å²) in [5, 5.41) is 0. The van der Waals surface area contributed by atoms with Crippen LogP contribution < -0.4 is 4.74 Å². The first-order valence-corrected chi connectivity index (χ1v) is 9.45. The van der Waals surface area contributed by atoms with E-state index in [0.717, 1.165) is 32.6 Å². The molecule has 1 aromatic carbocycles. The summed E-state index contributed by atoms with van der Waals surface area (Å²) in [6.45, 7) is 8.87. The van der Waals surface area contributed by atoms with E-state index in [9.17, 15) is 9.59 Å². The van der Waals surface area contributed by atoms with E-state index in [2.05, 4.69) is 4.90 Å². The van der Waals surface area contributed by atoms with Gasteiger partial charge in [0.25, 0.3) is 0 Å². The summed E-state index contributed by atoms with van der Waals surface area (Å²) in [6, 6.07) is 6.97. The molecule has 0 saturated carbocycles. The molecule has 150 valence electrons. The Balaban J connectivity index is 1.74. The van der Waals surface area contributed by atoms with Crippen molar-refractivity contribution in [1.82, 2.24) is 9.80 Å². The highest BCUT2D eigenvalue weighted by molar-refractivity contribution is 5.89. The number of methoxy groups -OCH3 is 1. The molecule has 0 aliphatic carbocycles. The Morgan fingerprint density at radius 1 is 1.15 bits per heavy atom. The van der Waals surface area contributed by atoms with E-state index in [0.29, 0.717) is 37.0 Å². The maximum absolute atomic E-state index is 12.1. The van der Waals surface area contributed by atoms with Crippen LogP contribution in [-0.4, -0.2) is 74.9 Å². The topological polar surface area (TPSA) is 68.3 Å². The first kappa shape index (κ1) is 21.0. The van der Waals surface area contributed by atoms with Crippen LogP contribution in [0.5, 0.6) is 5.75 Å². The summed E-state index contributed by atoms with van der Waals surface area (Å²) < 4.78 is 15.8. The SMILES string of the molecule is COC(=O)c1cccc(OCCN2CCCN(C(=O)OCC(C)C)CC2)c1. The molecular formula is C20H30N2O5. The van der Waals surface area contributed by atoms with Gasteiger partial charge in [0.2, 0.25) is 0 Å². The van der Waals surface area contributed by atoms with Gasteiger partial charge in [-0.05, 0) is 30.5 Å². The molecule has 1 heterocycles. The molecule has 0 bridgehead atoms. The van der Waals surface area contributed by atoms with E-state index in [1.807, 2.05) is 19.9 Å². The first-order chi connectivity index (χ1) is 13.0. The Hall–Kier alpha value is -2.28. The molecule has 7 heteroatoms. The molecule has 2 rings (SSSR count). The van der Waals surface area contributed by atoms with Crippen LogP contribution in [0.3, 0.4) is 0 Å². The highest BCUT2D eigenvalue weighted by Crippen LogP contribution is 2.14. The average molecular weight is 378 g/mol. The van der Waals surface area contributed by atoms with Crippen LogP contribution in [-0.2, 0) is 9.47 Å². The van der Waals surface area contributed by atoms with Crippen molar-refractivity contribution < 1.29 is 23.8 Å². The third-order valence-corrected chi connectivity index (χ3v) is 4.32. The molecule has 1 amide bonds. The van der Waals surface area contributed by atoms with E-state index < -0.39 is 0 Å². The lowest BCUT2D eigenvalue weighted by molar-refractivity contribution is 0.0600. The maximum Gasteiger partial charge on any atom is 0.409 e. The van der Waals surface area contributed by atoms with Gasteiger partial charge in [0.15, 0.2) is 0 Å². The number of ether oxygens (including phenoxy) is 3. The molecule has 1 fully saturated rings. The zero-order chi connectivity index (χ0) is 19.6. The van der Waals surface area contributed by atoms with E-state index in [4.69, 9.17) is 14.2 Å². The predicted octanol–water partition coefficient (Wildman–Crippen LogP) is 2.65. The highest BCUT2D eigenvalue weighted by Gasteiger charge is 2.20. The fourth-order valence-electron chi connectivity index (χ4n) is 2.83. The maximum atomic E-state index is 12.1. The molecule has 7 nitrogen and oxygen atoms in total. The summed E-state index contributed by atoms with van der Waals surface area (Å²) in [4.78, 5) is 27.7. The van der Waals surface area contributed by atoms with Gasteiger partial charge in [0.05, 0.1) is 19.3 Å². The standard InChI is InChI=1S/C20H30N2O5/c1-16(2)15-27-20(24)22-9-5-8-21(10-11-22)12-13-26-18-7-4-6-17(14-18)19(23)25-3/h4,6-7,14,16H,5,8-13,15H2,1-3H3. The van der Waals surface area contributed by atoms with Crippen LogP contribution in [0.25, 0.3) is 0 Å². The molecule has 1 aromatic rings. The number of amides is 1. The third kappa shape index (κ3) is 7.09. The summed E-state index contributed by atoms with van der Waals surface area (Å²) in [5.74, 6) is 0.608. The summed E-state index contributed by atoms with van der Waals surface area (Å²) in [7, 11) is 1.36. The normalized spacial score (nSPS) is 15.3. The Morgan fingerprint density at radius 3 is 2.70 bits per heavy atom. The molecule has 1 aliphatic heterocycles. The Morgan fingerprint density at radius 2 is 1.96 bits per heavy atom. The van der Waals surface area contributed by atoms with Gasteiger partial charge >= 0.3 is 12.1 Å². The van der Waals surface area contributed by atoms with Crippen LogP contribution >= 0.6 is 0 Å². The van der Waals surface area contributed by atoms with Gasteiger partial charge in [-0.15, -0.1) is 0 Å². The molecular weight excluding hydrogens is 348 g/mol. The fraction of sp³-hybridized carbons (Fsp3) is 0.600. The molecule has 0 spiro atoms. The lowest BCUT2D eigenvalue weighted by Gasteiger charge is -2.22. The molecule has 1 aliphatic rings. The number of rotatable bonds is 7. The summed E-state index contributed by atoms with van der Waals surface area (Å²) >= 11 is 0. The van der Waals surface area contributed by atoms with Gasteiger partial charge in [-0.3, -0.25) is 4.90 Å². The monoisotopic (exact) mass is 378 g/mol. The molecule has 0 N–H and O–H groups in total. The van der Waals surface area contributed by atoms with Gasteiger partial charge in [0.1, 0.15) is 12.4 Å². The van der Waals surface area contributed by atoms with Crippen LogP contribution in [0.15, 0.2) is 24.3 Å². The van der Waals surface area contributed by atoms with Gasteiger partial charge in [0, 0.05) is 32.7 Å². The Kier molecular flexibility index (Phi) is 8.39. The number of hydrogen-bond donors (Lipinski definition) is 0. The highest BCUT2D eigenvalue weighted by atomic mass is 16.6. The van der Waals surface area contributed by atoms with Crippen molar-refractivity contribution in [3.8, 4) is 5.75 Å². The van der Waals surface area contributed by atoms with Crippen LogP contribution in [0.2, 0.25) is 0 Å². The van der Waals surface area contributed by atoms with E-state index in [1.165, 1.54) is 7.11 Å². The Labute approximate surface area is 161 Å². The van der Waals surface area contributed by atoms with Crippen LogP contribution in [0, 0.1) is 5.92 Å². The molecule has 1 saturated heterocycles. The van der Waals surface area contributed by atoms with Crippen LogP contribution in [0.4, 0.5) is 4.79 Å². The van der Waals surface area contributed by atoms with Crippen molar-refractivity contribution in [2.24, 2.45) is 5.92 Å².